The van der Waals surface area contributed by atoms with Crippen molar-refractivity contribution in [2.45, 2.75) is 110 Å². The molecular formula is C22H41NO3. The fraction of sp³-hybridized carbons (Fsp3) is 0.818. The predicted octanol–water partition coefficient (Wildman–Crippen LogP) is 5.44. The van der Waals surface area contributed by atoms with Gasteiger partial charge >= 0.3 is 0 Å². The lowest BCUT2D eigenvalue weighted by Gasteiger charge is -2.03. The lowest BCUT2D eigenvalue weighted by atomic mass is 10.1. The first-order valence-electron chi connectivity index (χ1n) is 10.8. The SMILES string of the molecule is CCCCCCCCC=CCCCCCCCC(=O)NC(=O)CCCO. The second-order valence-corrected chi connectivity index (χ2v) is 7.13. The largest absolute Gasteiger partial charge is 0.396 e. The van der Waals surface area contributed by atoms with Gasteiger partial charge in [-0.1, -0.05) is 70.4 Å². The lowest BCUT2D eigenvalue weighted by molar-refractivity contribution is -0.130. The van der Waals surface area contributed by atoms with E-state index in [1.54, 1.807) is 0 Å². The zero-order valence-corrected chi connectivity index (χ0v) is 16.9. The number of allylic oxidation sites excluding steroid dienone is 2. The number of aliphatic hydroxyl groups excluding tert-OH is 1. The van der Waals surface area contributed by atoms with Gasteiger partial charge in [0.1, 0.15) is 0 Å². The van der Waals surface area contributed by atoms with E-state index in [0.717, 1.165) is 25.7 Å². The molecule has 0 aliphatic carbocycles. The van der Waals surface area contributed by atoms with Crippen molar-refractivity contribution in [1.29, 1.82) is 0 Å². The molecule has 0 spiro atoms. The standard InChI is InChI=1S/C22H41NO3/c1-2-3-4-5-6-7-8-9-10-11-12-13-14-15-16-18-21(25)23-22(26)19-17-20-24/h9-10,24H,2-8,11-20H2,1H3,(H,23,25,26). The van der Waals surface area contributed by atoms with Crippen molar-refractivity contribution in [2.24, 2.45) is 0 Å². The molecular weight excluding hydrogens is 326 g/mol. The van der Waals surface area contributed by atoms with Crippen LogP contribution in [0.1, 0.15) is 110 Å². The van der Waals surface area contributed by atoms with E-state index in [9.17, 15) is 9.59 Å². The van der Waals surface area contributed by atoms with Crippen LogP contribution in [0.25, 0.3) is 0 Å². The molecule has 0 aromatic rings. The monoisotopic (exact) mass is 367 g/mol. The fourth-order valence-corrected chi connectivity index (χ4v) is 2.88. The van der Waals surface area contributed by atoms with Crippen molar-refractivity contribution in [3.05, 3.63) is 12.2 Å². The molecule has 0 unspecified atom stereocenters. The zero-order chi connectivity index (χ0) is 19.3. The van der Waals surface area contributed by atoms with Gasteiger partial charge in [-0.25, -0.2) is 0 Å². The predicted molar refractivity (Wildman–Crippen MR) is 109 cm³/mol. The average Bonchev–Trinajstić information content (AvgIpc) is 2.63. The second-order valence-electron chi connectivity index (χ2n) is 7.13. The number of aliphatic hydroxyl groups is 1. The van der Waals surface area contributed by atoms with Gasteiger partial charge in [0, 0.05) is 19.4 Å². The molecule has 0 atom stereocenters. The Morgan fingerprint density at radius 2 is 1.15 bits per heavy atom. The number of imide groups is 1. The Morgan fingerprint density at radius 3 is 1.69 bits per heavy atom. The van der Waals surface area contributed by atoms with Crippen LogP contribution in [-0.2, 0) is 9.59 Å². The number of rotatable bonds is 18. The van der Waals surface area contributed by atoms with Crippen LogP contribution in [0, 0.1) is 0 Å². The topological polar surface area (TPSA) is 66.4 Å². The summed E-state index contributed by atoms with van der Waals surface area (Å²) in [6.45, 7) is 2.24. The third-order valence-corrected chi connectivity index (χ3v) is 4.51. The van der Waals surface area contributed by atoms with Crippen LogP contribution in [0.2, 0.25) is 0 Å². The third-order valence-electron chi connectivity index (χ3n) is 4.51. The highest BCUT2D eigenvalue weighted by Gasteiger charge is 2.06. The first-order valence-corrected chi connectivity index (χ1v) is 10.8. The van der Waals surface area contributed by atoms with Crippen molar-refractivity contribution in [2.75, 3.05) is 6.61 Å². The molecule has 0 aromatic carbocycles. The van der Waals surface area contributed by atoms with E-state index < -0.39 is 0 Å². The van der Waals surface area contributed by atoms with Crippen molar-refractivity contribution < 1.29 is 14.7 Å². The number of carbonyl (C=O) groups excluding carboxylic acids is 2. The summed E-state index contributed by atoms with van der Waals surface area (Å²) in [5.41, 5.74) is 0. The zero-order valence-electron chi connectivity index (χ0n) is 16.9. The normalized spacial score (nSPS) is 11.2. The van der Waals surface area contributed by atoms with Gasteiger partial charge in [-0.2, -0.15) is 0 Å². The number of amides is 2. The summed E-state index contributed by atoms with van der Waals surface area (Å²) >= 11 is 0. The average molecular weight is 368 g/mol. The van der Waals surface area contributed by atoms with Gasteiger partial charge in [-0.15, -0.1) is 0 Å². The summed E-state index contributed by atoms with van der Waals surface area (Å²) in [6, 6.07) is 0. The van der Waals surface area contributed by atoms with E-state index in [0.29, 0.717) is 12.8 Å². The minimum Gasteiger partial charge on any atom is -0.396 e. The Labute approximate surface area is 160 Å². The molecule has 0 aliphatic heterocycles. The summed E-state index contributed by atoms with van der Waals surface area (Å²) in [7, 11) is 0. The molecule has 4 heteroatoms. The van der Waals surface area contributed by atoms with Crippen LogP contribution in [0.4, 0.5) is 0 Å². The molecule has 26 heavy (non-hydrogen) atoms. The maximum Gasteiger partial charge on any atom is 0.226 e. The van der Waals surface area contributed by atoms with Crippen LogP contribution in [0.5, 0.6) is 0 Å². The summed E-state index contributed by atoms with van der Waals surface area (Å²) < 4.78 is 0. The van der Waals surface area contributed by atoms with Crippen LogP contribution in [0.15, 0.2) is 12.2 Å². The summed E-state index contributed by atoms with van der Waals surface area (Å²) in [5.74, 6) is -0.470. The smallest absolute Gasteiger partial charge is 0.226 e. The third kappa shape index (κ3) is 19.2. The molecule has 0 saturated carbocycles. The van der Waals surface area contributed by atoms with E-state index >= 15 is 0 Å². The van der Waals surface area contributed by atoms with Gasteiger partial charge in [-0.3, -0.25) is 14.9 Å². The molecule has 0 aromatic heterocycles. The highest BCUT2D eigenvalue weighted by Crippen LogP contribution is 2.10. The number of hydrogen-bond acceptors (Lipinski definition) is 3. The Hall–Kier alpha value is -1.16. The molecule has 4 nitrogen and oxygen atoms in total. The highest BCUT2D eigenvalue weighted by atomic mass is 16.3. The van der Waals surface area contributed by atoms with Gasteiger partial charge in [0.15, 0.2) is 0 Å². The van der Waals surface area contributed by atoms with Gasteiger partial charge in [0.25, 0.3) is 0 Å². The number of carbonyl (C=O) groups is 2. The van der Waals surface area contributed by atoms with E-state index in [1.807, 2.05) is 0 Å². The highest BCUT2D eigenvalue weighted by molar-refractivity contribution is 5.95. The molecule has 0 saturated heterocycles. The maximum absolute atomic E-state index is 11.5. The molecule has 2 N–H and O–H groups in total. The van der Waals surface area contributed by atoms with Crippen LogP contribution < -0.4 is 5.32 Å². The minimum absolute atomic E-state index is 0.0180. The summed E-state index contributed by atoms with van der Waals surface area (Å²) in [4.78, 5) is 22.9. The van der Waals surface area contributed by atoms with Crippen molar-refractivity contribution in [3.8, 4) is 0 Å². The van der Waals surface area contributed by atoms with Gasteiger partial charge < -0.3 is 5.11 Å². The molecule has 2 amide bonds. The Morgan fingerprint density at radius 1 is 0.692 bits per heavy atom. The molecule has 0 aliphatic rings. The van der Waals surface area contributed by atoms with Crippen LogP contribution in [-0.4, -0.2) is 23.5 Å². The maximum atomic E-state index is 11.5. The summed E-state index contributed by atoms with van der Waals surface area (Å²) in [5, 5.41) is 11.0. The van der Waals surface area contributed by atoms with Gasteiger partial charge in [0.2, 0.25) is 11.8 Å². The minimum atomic E-state index is -0.281. The molecule has 0 rings (SSSR count). The fourth-order valence-electron chi connectivity index (χ4n) is 2.88. The van der Waals surface area contributed by atoms with E-state index in [2.05, 4.69) is 24.4 Å². The van der Waals surface area contributed by atoms with Crippen LogP contribution >= 0.6 is 0 Å². The Bertz CT molecular complexity index is 366. The van der Waals surface area contributed by atoms with Crippen LogP contribution in [0.3, 0.4) is 0 Å². The lowest BCUT2D eigenvalue weighted by Crippen LogP contribution is -2.30. The molecule has 0 radical (unpaired) electrons. The van der Waals surface area contributed by atoms with Crippen molar-refractivity contribution >= 4 is 11.8 Å². The van der Waals surface area contributed by atoms with E-state index in [-0.39, 0.29) is 24.8 Å². The second kappa shape index (κ2) is 20.2. The van der Waals surface area contributed by atoms with Crippen molar-refractivity contribution in [3.63, 3.8) is 0 Å². The molecule has 152 valence electrons. The van der Waals surface area contributed by atoms with Gasteiger partial charge in [0.05, 0.1) is 0 Å². The molecule has 0 heterocycles. The summed E-state index contributed by atoms with van der Waals surface area (Å²) in [6.07, 6.45) is 21.7. The Kier molecular flexibility index (Phi) is 19.3. The first kappa shape index (κ1) is 24.8. The Balaban J connectivity index is 3.29. The quantitative estimate of drug-likeness (QED) is 0.250. The van der Waals surface area contributed by atoms with E-state index in [1.165, 1.54) is 57.8 Å². The van der Waals surface area contributed by atoms with Crippen molar-refractivity contribution in [1.82, 2.24) is 5.32 Å². The molecule has 0 bridgehead atoms. The first-order chi connectivity index (χ1) is 12.7. The number of hydrogen-bond donors (Lipinski definition) is 2. The number of unbranched alkanes of at least 4 members (excludes halogenated alkanes) is 11. The van der Waals surface area contributed by atoms with Gasteiger partial charge in [-0.05, 0) is 38.5 Å². The molecule has 0 fully saturated rings. The number of nitrogens with one attached hydrogen (secondary N) is 1. The van der Waals surface area contributed by atoms with E-state index in [4.69, 9.17) is 5.11 Å².